The monoisotopic (exact) mass is 527 g/mol. The van der Waals surface area contributed by atoms with Crippen molar-refractivity contribution in [2.75, 3.05) is 5.32 Å². The Morgan fingerprint density at radius 2 is 1.65 bits per heavy atom. The minimum absolute atomic E-state index is 0.0435. The maximum Gasteiger partial charge on any atom is 0.418 e. The van der Waals surface area contributed by atoms with Crippen molar-refractivity contribution in [2.24, 2.45) is 34.5 Å². The molecule has 6 atom stereocenters. The summed E-state index contributed by atoms with van der Waals surface area (Å²) in [4.78, 5) is 25.4. The number of allylic oxidation sites excluding steroid dienone is 1. The van der Waals surface area contributed by atoms with Gasteiger partial charge in [0.2, 0.25) is 5.91 Å². The van der Waals surface area contributed by atoms with Crippen LogP contribution in [0.25, 0.3) is 0 Å². The fourth-order valence-electron chi connectivity index (χ4n) is 8.28. The van der Waals surface area contributed by atoms with Crippen LogP contribution in [0.1, 0.15) is 76.3 Å². The molecule has 4 aliphatic rings. The van der Waals surface area contributed by atoms with E-state index >= 15 is 0 Å². The summed E-state index contributed by atoms with van der Waals surface area (Å²) in [6.07, 6.45) is -1.96. The van der Waals surface area contributed by atoms with Gasteiger partial charge in [-0.15, -0.1) is 0 Å². The van der Waals surface area contributed by atoms with Crippen LogP contribution in [0.4, 0.5) is 32.0 Å². The van der Waals surface area contributed by atoms with E-state index in [4.69, 9.17) is 0 Å². The lowest BCUT2D eigenvalue weighted by molar-refractivity contribution is -0.141. The zero-order chi connectivity index (χ0) is 27.0. The number of carbonyl (C=O) groups excluding carboxylic acids is 2. The molecule has 1 N–H and O–H groups in total. The van der Waals surface area contributed by atoms with Gasteiger partial charge in [0.15, 0.2) is 5.78 Å². The topological polar surface area (TPSA) is 46.2 Å². The molecule has 5 rings (SSSR count). The summed E-state index contributed by atoms with van der Waals surface area (Å²) in [5, 5.41) is 2.25. The maximum absolute atomic E-state index is 13.6. The van der Waals surface area contributed by atoms with E-state index in [0.717, 1.165) is 38.5 Å². The first-order valence-corrected chi connectivity index (χ1v) is 13.0. The van der Waals surface area contributed by atoms with Gasteiger partial charge in [0, 0.05) is 12.3 Å². The zero-order valence-corrected chi connectivity index (χ0v) is 20.9. The lowest BCUT2D eigenvalue weighted by Gasteiger charge is -2.58. The van der Waals surface area contributed by atoms with Crippen molar-refractivity contribution in [3.05, 3.63) is 41.0 Å². The Balaban J connectivity index is 1.40. The summed E-state index contributed by atoms with van der Waals surface area (Å²) >= 11 is 0. The average Bonchev–Trinajstić information content (AvgIpc) is 3.15. The van der Waals surface area contributed by atoms with Crippen LogP contribution >= 0.6 is 0 Å². The van der Waals surface area contributed by atoms with Crippen molar-refractivity contribution in [1.29, 1.82) is 0 Å². The Kier molecular flexibility index (Phi) is 6.11. The summed E-state index contributed by atoms with van der Waals surface area (Å²) in [5.41, 5.74) is -2.63. The first-order chi connectivity index (χ1) is 17.1. The second-order valence-electron chi connectivity index (χ2n) is 11.9. The molecule has 4 aliphatic carbocycles. The van der Waals surface area contributed by atoms with Crippen LogP contribution < -0.4 is 5.32 Å². The van der Waals surface area contributed by atoms with Gasteiger partial charge in [-0.2, -0.15) is 26.3 Å². The summed E-state index contributed by atoms with van der Waals surface area (Å²) in [5.74, 6) is -0.0866. The number of benzene rings is 1. The van der Waals surface area contributed by atoms with E-state index in [1.807, 2.05) is 13.0 Å². The maximum atomic E-state index is 13.6. The normalized spacial score (nSPS) is 35.8. The van der Waals surface area contributed by atoms with Crippen LogP contribution in [0.5, 0.6) is 0 Å². The Morgan fingerprint density at radius 1 is 0.919 bits per heavy atom. The Labute approximate surface area is 212 Å². The van der Waals surface area contributed by atoms with E-state index < -0.39 is 46.4 Å². The summed E-state index contributed by atoms with van der Waals surface area (Å²) < 4.78 is 80.4. The first-order valence-electron chi connectivity index (χ1n) is 13.0. The van der Waals surface area contributed by atoms with Crippen molar-refractivity contribution < 1.29 is 35.9 Å². The number of carbonyl (C=O) groups is 2. The van der Waals surface area contributed by atoms with E-state index in [2.05, 4.69) is 12.2 Å². The van der Waals surface area contributed by atoms with E-state index in [1.165, 1.54) is 5.57 Å². The SMILES string of the molecule is C[C@]12CCC(=O)C=C1CCC1C2CC[C@@]2(C)C1CC[C@@H]2C(=O)Nc1cc(C(F)(F)F)ccc1C(F)(F)F. The third-order valence-electron chi connectivity index (χ3n) is 10.2. The number of nitrogens with one attached hydrogen (secondary N) is 1. The molecule has 1 amide bonds. The van der Waals surface area contributed by atoms with E-state index in [9.17, 15) is 35.9 Å². The predicted molar refractivity (Wildman–Crippen MR) is 125 cm³/mol. The number of alkyl halides is 6. The third-order valence-corrected chi connectivity index (χ3v) is 10.2. The van der Waals surface area contributed by atoms with E-state index in [1.54, 1.807) is 0 Å². The molecule has 1 aromatic rings. The van der Waals surface area contributed by atoms with Gasteiger partial charge in [0.25, 0.3) is 0 Å². The Morgan fingerprint density at radius 3 is 2.32 bits per heavy atom. The first kappa shape index (κ1) is 26.3. The van der Waals surface area contributed by atoms with Crippen LogP contribution in [0.15, 0.2) is 29.8 Å². The number of halogens is 6. The van der Waals surface area contributed by atoms with E-state index in [-0.39, 0.29) is 17.1 Å². The highest BCUT2D eigenvalue weighted by atomic mass is 19.4. The average molecular weight is 528 g/mol. The Bertz CT molecular complexity index is 1150. The van der Waals surface area contributed by atoms with Gasteiger partial charge in [-0.1, -0.05) is 19.4 Å². The van der Waals surface area contributed by atoms with E-state index in [0.29, 0.717) is 42.9 Å². The molecular weight excluding hydrogens is 496 g/mol. The van der Waals surface area contributed by atoms with Gasteiger partial charge in [0.05, 0.1) is 16.8 Å². The second kappa shape index (κ2) is 8.60. The van der Waals surface area contributed by atoms with Crippen LogP contribution in [0, 0.1) is 34.5 Å². The lowest BCUT2D eigenvalue weighted by atomic mass is 9.47. The molecular formula is C28H31F6NO2. The fourth-order valence-corrected chi connectivity index (χ4v) is 8.28. The molecule has 1 aromatic carbocycles. The fraction of sp³-hybridized carbons (Fsp3) is 0.643. The van der Waals surface area contributed by atoms with Crippen molar-refractivity contribution >= 4 is 17.4 Å². The summed E-state index contributed by atoms with van der Waals surface area (Å²) in [6.45, 7) is 4.27. The lowest BCUT2D eigenvalue weighted by Crippen LogP contribution is -2.51. The molecule has 3 unspecified atom stereocenters. The van der Waals surface area contributed by atoms with Crippen LogP contribution in [-0.2, 0) is 21.9 Å². The van der Waals surface area contributed by atoms with Crippen molar-refractivity contribution in [3.8, 4) is 0 Å². The molecule has 37 heavy (non-hydrogen) atoms. The number of amides is 1. The largest absolute Gasteiger partial charge is 0.418 e. The number of anilines is 1. The molecule has 0 bridgehead atoms. The highest BCUT2D eigenvalue weighted by Crippen LogP contribution is 2.66. The summed E-state index contributed by atoms with van der Waals surface area (Å²) in [6, 6.07) is 1.15. The number of rotatable bonds is 2. The van der Waals surface area contributed by atoms with Crippen LogP contribution in [-0.4, -0.2) is 11.7 Å². The van der Waals surface area contributed by atoms with Gasteiger partial charge >= 0.3 is 12.4 Å². The van der Waals surface area contributed by atoms with Gasteiger partial charge in [-0.25, -0.2) is 0 Å². The quantitative estimate of drug-likeness (QED) is 0.399. The van der Waals surface area contributed by atoms with Crippen molar-refractivity contribution in [1.82, 2.24) is 0 Å². The molecule has 0 spiro atoms. The Hall–Kier alpha value is -2.32. The number of hydrogen-bond acceptors (Lipinski definition) is 2. The minimum Gasteiger partial charge on any atom is -0.325 e. The molecule has 3 nitrogen and oxygen atoms in total. The molecule has 9 heteroatoms. The smallest absolute Gasteiger partial charge is 0.325 e. The molecule has 0 aliphatic heterocycles. The predicted octanol–water partition coefficient (Wildman–Crippen LogP) is 7.81. The molecule has 3 saturated carbocycles. The van der Waals surface area contributed by atoms with Crippen LogP contribution in [0.2, 0.25) is 0 Å². The number of ketones is 1. The van der Waals surface area contributed by atoms with Crippen LogP contribution in [0.3, 0.4) is 0 Å². The van der Waals surface area contributed by atoms with Gasteiger partial charge in [-0.3, -0.25) is 9.59 Å². The molecule has 0 saturated heterocycles. The zero-order valence-electron chi connectivity index (χ0n) is 20.9. The minimum atomic E-state index is -4.91. The number of fused-ring (bicyclic) bond motifs is 5. The highest BCUT2D eigenvalue weighted by Gasteiger charge is 2.60. The summed E-state index contributed by atoms with van der Waals surface area (Å²) in [7, 11) is 0. The van der Waals surface area contributed by atoms with Crippen molar-refractivity contribution in [2.45, 2.75) is 77.6 Å². The number of hydrogen-bond donors (Lipinski definition) is 1. The van der Waals surface area contributed by atoms with Crippen molar-refractivity contribution in [3.63, 3.8) is 0 Å². The van der Waals surface area contributed by atoms with Gasteiger partial charge < -0.3 is 5.32 Å². The molecule has 3 fully saturated rings. The molecule has 0 radical (unpaired) electrons. The second-order valence-corrected chi connectivity index (χ2v) is 11.9. The highest BCUT2D eigenvalue weighted by molar-refractivity contribution is 5.94. The third kappa shape index (κ3) is 4.30. The molecule has 0 aromatic heterocycles. The molecule has 202 valence electrons. The molecule has 0 heterocycles. The van der Waals surface area contributed by atoms with Gasteiger partial charge in [0.1, 0.15) is 0 Å². The standard InChI is InChI=1S/C28H31F6NO2/c1-25-11-9-17(36)13-15(25)3-5-18-19-7-8-22(26(19,2)12-10-20(18)25)24(37)35-23-14-16(27(29,30)31)4-6-21(23)28(32,33)34/h4,6,13-14,18-20,22H,3,5,7-12H2,1-2H3,(H,35,37)/t18?,19?,20?,22-,25+,26+/m1/s1. The van der Waals surface area contributed by atoms with Gasteiger partial charge in [-0.05, 0) is 97.8 Å².